The van der Waals surface area contributed by atoms with E-state index in [4.69, 9.17) is 4.74 Å². The molecule has 5 heteroatoms. The molecule has 0 fully saturated rings. The fourth-order valence-corrected chi connectivity index (χ4v) is 2.44. The van der Waals surface area contributed by atoms with E-state index in [1.165, 1.54) is 11.3 Å². The van der Waals surface area contributed by atoms with E-state index in [0.29, 0.717) is 5.75 Å². The van der Waals surface area contributed by atoms with Gasteiger partial charge in [-0.25, -0.2) is 0 Å². The number of carbonyl (C=O) groups excluding carboxylic acids is 1. The Kier molecular flexibility index (Phi) is 4.76. The molecule has 1 atom stereocenters. The van der Waals surface area contributed by atoms with Gasteiger partial charge in [-0.1, -0.05) is 18.2 Å². The molecule has 0 saturated carbocycles. The van der Waals surface area contributed by atoms with Crippen LogP contribution in [0, 0.1) is 0 Å². The van der Waals surface area contributed by atoms with Gasteiger partial charge >= 0.3 is 0 Å². The first-order valence-corrected chi connectivity index (χ1v) is 7.22. The van der Waals surface area contributed by atoms with E-state index in [2.05, 4.69) is 5.32 Å². The molecule has 2 rings (SSSR count). The molecule has 0 saturated heterocycles. The molecule has 1 heterocycles. The van der Waals surface area contributed by atoms with Crippen LogP contribution in [0.25, 0.3) is 0 Å². The maximum atomic E-state index is 11.7. The molecule has 2 aromatic rings. The average molecular weight is 291 g/mol. The standard InChI is InChI=1S/C15H17NO3S/c1-15(18,12-7-8-20-10-12)11-16-14(17)9-19-13-5-3-2-4-6-13/h2-8,10,18H,9,11H2,1H3,(H,16,17). The Morgan fingerprint density at radius 1 is 1.35 bits per heavy atom. The summed E-state index contributed by atoms with van der Waals surface area (Å²) >= 11 is 1.51. The van der Waals surface area contributed by atoms with Crippen molar-refractivity contribution in [2.45, 2.75) is 12.5 Å². The van der Waals surface area contributed by atoms with Gasteiger partial charge in [0.15, 0.2) is 6.61 Å². The zero-order chi connectivity index (χ0) is 14.4. The molecule has 0 bridgehead atoms. The second-order valence-electron chi connectivity index (χ2n) is 4.66. The molecule has 0 aliphatic rings. The van der Waals surface area contributed by atoms with E-state index in [1.807, 2.05) is 35.0 Å². The molecule has 1 unspecified atom stereocenters. The third-order valence-electron chi connectivity index (χ3n) is 2.89. The first kappa shape index (κ1) is 14.6. The molecule has 1 aromatic carbocycles. The molecule has 20 heavy (non-hydrogen) atoms. The molecule has 0 radical (unpaired) electrons. The summed E-state index contributed by atoms with van der Waals surface area (Å²) in [7, 11) is 0. The predicted molar refractivity (Wildman–Crippen MR) is 78.8 cm³/mol. The first-order chi connectivity index (χ1) is 9.58. The van der Waals surface area contributed by atoms with Crippen LogP contribution in [0.4, 0.5) is 0 Å². The Hall–Kier alpha value is -1.85. The molecule has 0 aliphatic heterocycles. The largest absolute Gasteiger partial charge is 0.484 e. The van der Waals surface area contributed by atoms with E-state index >= 15 is 0 Å². The summed E-state index contributed by atoms with van der Waals surface area (Å²) in [6.45, 7) is 1.76. The molecule has 0 aliphatic carbocycles. The second kappa shape index (κ2) is 6.54. The normalized spacial score (nSPS) is 13.5. The number of amides is 1. The molecule has 1 aromatic heterocycles. The second-order valence-corrected chi connectivity index (χ2v) is 5.44. The van der Waals surface area contributed by atoms with Crippen molar-refractivity contribution in [1.29, 1.82) is 0 Å². The number of ether oxygens (including phenoxy) is 1. The Balaban J connectivity index is 1.78. The van der Waals surface area contributed by atoms with E-state index in [0.717, 1.165) is 5.56 Å². The number of rotatable bonds is 6. The molecular formula is C15H17NO3S. The number of para-hydroxylation sites is 1. The molecule has 2 N–H and O–H groups in total. The first-order valence-electron chi connectivity index (χ1n) is 6.27. The van der Waals surface area contributed by atoms with Crippen molar-refractivity contribution in [2.24, 2.45) is 0 Å². The van der Waals surface area contributed by atoms with Crippen LogP contribution >= 0.6 is 11.3 Å². The highest BCUT2D eigenvalue weighted by Crippen LogP contribution is 2.21. The smallest absolute Gasteiger partial charge is 0.258 e. The number of hydrogen-bond donors (Lipinski definition) is 2. The van der Waals surface area contributed by atoms with Gasteiger partial charge < -0.3 is 15.2 Å². The Bertz CT molecular complexity index is 538. The summed E-state index contributed by atoms with van der Waals surface area (Å²) < 4.78 is 5.33. The van der Waals surface area contributed by atoms with Gasteiger partial charge in [0.2, 0.25) is 0 Å². The topological polar surface area (TPSA) is 58.6 Å². The minimum absolute atomic E-state index is 0.0657. The Labute approximate surface area is 122 Å². The lowest BCUT2D eigenvalue weighted by molar-refractivity contribution is -0.124. The van der Waals surface area contributed by atoms with Crippen molar-refractivity contribution in [1.82, 2.24) is 5.32 Å². The highest BCUT2D eigenvalue weighted by molar-refractivity contribution is 7.08. The molecule has 4 nitrogen and oxygen atoms in total. The summed E-state index contributed by atoms with van der Waals surface area (Å²) in [5, 5.41) is 16.7. The van der Waals surface area contributed by atoms with E-state index in [9.17, 15) is 9.90 Å². The molecule has 106 valence electrons. The number of hydrogen-bond acceptors (Lipinski definition) is 4. The van der Waals surface area contributed by atoms with Crippen LogP contribution in [0.1, 0.15) is 12.5 Å². The van der Waals surface area contributed by atoms with Gasteiger partial charge in [-0.15, -0.1) is 0 Å². The van der Waals surface area contributed by atoms with Crippen LogP contribution in [0.2, 0.25) is 0 Å². The van der Waals surface area contributed by atoms with Gasteiger partial charge in [-0.2, -0.15) is 11.3 Å². The summed E-state index contributed by atoms with van der Waals surface area (Å²) in [6, 6.07) is 11.0. The minimum Gasteiger partial charge on any atom is -0.484 e. The zero-order valence-electron chi connectivity index (χ0n) is 11.2. The van der Waals surface area contributed by atoms with Crippen LogP contribution in [0.5, 0.6) is 5.75 Å². The van der Waals surface area contributed by atoms with E-state index < -0.39 is 5.60 Å². The van der Waals surface area contributed by atoms with Gasteiger partial charge in [-0.05, 0) is 41.4 Å². The third-order valence-corrected chi connectivity index (χ3v) is 3.57. The fourth-order valence-electron chi connectivity index (χ4n) is 1.66. The van der Waals surface area contributed by atoms with Gasteiger partial charge in [0, 0.05) is 0 Å². The summed E-state index contributed by atoms with van der Waals surface area (Å²) in [5.41, 5.74) is -0.269. The lowest BCUT2D eigenvalue weighted by atomic mass is 9.99. The number of aliphatic hydroxyl groups is 1. The molecule has 0 spiro atoms. The zero-order valence-corrected chi connectivity index (χ0v) is 12.0. The van der Waals surface area contributed by atoms with E-state index in [1.54, 1.807) is 19.1 Å². The number of carbonyl (C=O) groups is 1. The lowest BCUT2D eigenvalue weighted by Crippen LogP contribution is -2.40. The van der Waals surface area contributed by atoms with Crippen LogP contribution in [0.15, 0.2) is 47.2 Å². The van der Waals surface area contributed by atoms with Crippen molar-refractivity contribution in [3.8, 4) is 5.75 Å². The van der Waals surface area contributed by atoms with Crippen molar-refractivity contribution >= 4 is 17.2 Å². The average Bonchev–Trinajstić information content (AvgIpc) is 2.99. The Morgan fingerprint density at radius 3 is 2.75 bits per heavy atom. The van der Waals surface area contributed by atoms with Crippen LogP contribution in [-0.4, -0.2) is 24.2 Å². The van der Waals surface area contributed by atoms with Crippen LogP contribution in [-0.2, 0) is 10.4 Å². The van der Waals surface area contributed by atoms with Gasteiger partial charge in [-0.3, -0.25) is 4.79 Å². The number of thiophene rings is 1. The summed E-state index contributed by atoms with van der Waals surface area (Å²) in [6.07, 6.45) is 0. The highest BCUT2D eigenvalue weighted by Gasteiger charge is 2.24. The SMILES string of the molecule is CC(O)(CNC(=O)COc1ccccc1)c1ccsc1. The number of benzene rings is 1. The summed E-state index contributed by atoms with van der Waals surface area (Å²) in [4.78, 5) is 11.7. The highest BCUT2D eigenvalue weighted by atomic mass is 32.1. The van der Waals surface area contributed by atoms with Crippen LogP contribution < -0.4 is 10.1 Å². The van der Waals surface area contributed by atoms with Crippen molar-refractivity contribution in [3.05, 3.63) is 52.7 Å². The van der Waals surface area contributed by atoms with E-state index in [-0.39, 0.29) is 19.1 Å². The van der Waals surface area contributed by atoms with Gasteiger partial charge in [0.05, 0.1) is 6.54 Å². The predicted octanol–water partition coefficient (Wildman–Crippen LogP) is 2.15. The Morgan fingerprint density at radius 2 is 2.10 bits per heavy atom. The quantitative estimate of drug-likeness (QED) is 0.857. The maximum Gasteiger partial charge on any atom is 0.258 e. The summed E-state index contributed by atoms with van der Waals surface area (Å²) in [5.74, 6) is 0.386. The monoisotopic (exact) mass is 291 g/mol. The molecular weight excluding hydrogens is 274 g/mol. The minimum atomic E-state index is -1.07. The van der Waals surface area contributed by atoms with Gasteiger partial charge in [0.25, 0.3) is 5.91 Å². The van der Waals surface area contributed by atoms with Gasteiger partial charge in [0.1, 0.15) is 11.4 Å². The third kappa shape index (κ3) is 4.08. The maximum absolute atomic E-state index is 11.7. The van der Waals surface area contributed by atoms with Crippen molar-refractivity contribution in [3.63, 3.8) is 0 Å². The van der Waals surface area contributed by atoms with Crippen molar-refractivity contribution in [2.75, 3.05) is 13.2 Å². The van der Waals surface area contributed by atoms with Crippen LogP contribution in [0.3, 0.4) is 0 Å². The molecule has 1 amide bonds. The number of nitrogens with one attached hydrogen (secondary N) is 1. The fraction of sp³-hybridized carbons (Fsp3) is 0.267. The van der Waals surface area contributed by atoms with Crippen molar-refractivity contribution < 1.29 is 14.6 Å². The lowest BCUT2D eigenvalue weighted by Gasteiger charge is -2.22.